The van der Waals surface area contributed by atoms with Gasteiger partial charge in [-0.3, -0.25) is 4.79 Å². The summed E-state index contributed by atoms with van der Waals surface area (Å²) in [5.41, 5.74) is 2.17. The van der Waals surface area contributed by atoms with Gasteiger partial charge in [-0.1, -0.05) is 23.9 Å². The van der Waals surface area contributed by atoms with Crippen molar-refractivity contribution in [2.24, 2.45) is 4.99 Å². The number of hydrogen-bond acceptors (Lipinski definition) is 7. The number of rotatable bonds is 8. The van der Waals surface area contributed by atoms with Gasteiger partial charge in [0.25, 0.3) is 5.91 Å². The first-order valence-electron chi connectivity index (χ1n) is 11.0. The SMILES string of the molecule is CCOC(=O)C1=C(O)C(=Cc2ccc(N(CC)CC)cc2)SC1=NC(=O)c1ccc(OC)cc1. The highest BCUT2D eigenvalue weighted by Gasteiger charge is 2.34. The molecule has 1 aliphatic heterocycles. The number of nitrogens with zero attached hydrogens (tertiary/aromatic N) is 2. The minimum atomic E-state index is -0.728. The molecule has 0 atom stereocenters. The molecule has 178 valence electrons. The van der Waals surface area contributed by atoms with Gasteiger partial charge >= 0.3 is 5.97 Å². The topological polar surface area (TPSA) is 88.4 Å². The molecule has 0 saturated carbocycles. The van der Waals surface area contributed by atoms with Crippen molar-refractivity contribution in [3.05, 3.63) is 75.9 Å². The van der Waals surface area contributed by atoms with Crippen molar-refractivity contribution >= 4 is 40.4 Å². The Balaban J connectivity index is 1.93. The summed E-state index contributed by atoms with van der Waals surface area (Å²) in [7, 11) is 1.54. The van der Waals surface area contributed by atoms with Gasteiger partial charge in [0.1, 0.15) is 22.1 Å². The molecule has 0 aliphatic carbocycles. The molecule has 8 heteroatoms. The maximum Gasteiger partial charge on any atom is 0.344 e. The van der Waals surface area contributed by atoms with Gasteiger partial charge in [0, 0.05) is 24.3 Å². The molecule has 1 N–H and O–H groups in total. The van der Waals surface area contributed by atoms with Gasteiger partial charge in [-0.25, -0.2) is 9.79 Å². The Morgan fingerprint density at radius 2 is 1.68 bits per heavy atom. The Labute approximate surface area is 203 Å². The van der Waals surface area contributed by atoms with Crippen LogP contribution in [0.2, 0.25) is 0 Å². The van der Waals surface area contributed by atoms with Gasteiger partial charge in [-0.2, -0.15) is 0 Å². The summed E-state index contributed by atoms with van der Waals surface area (Å²) < 4.78 is 10.2. The monoisotopic (exact) mass is 480 g/mol. The molecule has 34 heavy (non-hydrogen) atoms. The van der Waals surface area contributed by atoms with Crippen LogP contribution in [0.3, 0.4) is 0 Å². The van der Waals surface area contributed by atoms with E-state index in [2.05, 4.69) is 23.7 Å². The van der Waals surface area contributed by atoms with E-state index in [-0.39, 0.29) is 23.0 Å². The lowest BCUT2D eigenvalue weighted by Gasteiger charge is -2.20. The summed E-state index contributed by atoms with van der Waals surface area (Å²) in [5, 5.41) is 10.9. The fourth-order valence-electron chi connectivity index (χ4n) is 3.40. The van der Waals surface area contributed by atoms with E-state index in [1.165, 1.54) is 7.11 Å². The molecule has 0 unspecified atom stereocenters. The Hall–Kier alpha value is -3.52. The summed E-state index contributed by atoms with van der Waals surface area (Å²) >= 11 is 1.06. The molecule has 0 aromatic heterocycles. The first kappa shape index (κ1) is 25.1. The standard InChI is InChI=1S/C26H28N2O5S/c1-5-28(6-2)19-12-8-17(9-13-19)16-21-23(29)22(26(31)33-7-3)25(34-21)27-24(30)18-10-14-20(32-4)15-11-18/h8-16,29H,5-7H2,1-4H3. The van der Waals surface area contributed by atoms with Crippen molar-refractivity contribution in [1.82, 2.24) is 0 Å². The molecule has 0 saturated heterocycles. The summed E-state index contributed by atoms with van der Waals surface area (Å²) in [4.78, 5) is 32.1. The first-order chi connectivity index (χ1) is 16.4. The molecule has 1 aliphatic rings. The lowest BCUT2D eigenvalue weighted by molar-refractivity contribution is -0.138. The Morgan fingerprint density at radius 1 is 1.03 bits per heavy atom. The van der Waals surface area contributed by atoms with E-state index in [1.54, 1.807) is 37.3 Å². The van der Waals surface area contributed by atoms with E-state index in [4.69, 9.17) is 9.47 Å². The number of anilines is 1. The molecule has 0 radical (unpaired) electrons. The maximum absolute atomic E-state index is 12.7. The summed E-state index contributed by atoms with van der Waals surface area (Å²) in [5.74, 6) is -0.905. The first-order valence-corrected chi connectivity index (χ1v) is 11.9. The number of aliphatic hydroxyl groups is 1. The maximum atomic E-state index is 12.7. The molecule has 0 spiro atoms. The molecule has 1 amide bonds. The van der Waals surface area contributed by atoms with Gasteiger partial charge in [-0.05, 0) is 68.8 Å². The molecule has 2 aromatic carbocycles. The average Bonchev–Trinajstić information content (AvgIpc) is 3.15. The van der Waals surface area contributed by atoms with E-state index in [0.717, 1.165) is 36.1 Å². The number of thioether (sulfide) groups is 1. The predicted molar refractivity (Wildman–Crippen MR) is 137 cm³/mol. The molecule has 1 heterocycles. The molecule has 2 aromatic rings. The smallest absolute Gasteiger partial charge is 0.344 e. The predicted octanol–water partition coefficient (Wildman–Crippen LogP) is 5.24. The fourth-order valence-corrected chi connectivity index (χ4v) is 4.42. The van der Waals surface area contributed by atoms with E-state index in [9.17, 15) is 14.7 Å². The number of ether oxygens (including phenoxy) is 2. The van der Waals surface area contributed by atoms with Crippen molar-refractivity contribution in [1.29, 1.82) is 0 Å². The minimum Gasteiger partial charge on any atom is -0.506 e. The third-order valence-electron chi connectivity index (χ3n) is 5.23. The van der Waals surface area contributed by atoms with Gasteiger partial charge in [-0.15, -0.1) is 0 Å². The number of esters is 1. The second-order valence-electron chi connectivity index (χ2n) is 7.27. The lowest BCUT2D eigenvalue weighted by atomic mass is 10.1. The number of methoxy groups -OCH3 is 1. The number of aliphatic hydroxyl groups excluding tert-OH is 1. The number of aliphatic imine (C=N–C) groups is 1. The van der Waals surface area contributed by atoms with Crippen LogP contribution >= 0.6 is 11.8 Å². The van der Waals surface area contributed by atoms with Crippen LogP contribution in [0.4, 0.5) is 5.69 Å². The zero-order valence-electron chi connectivity index (χ0n) is 19.7. The van der Waals surface area contributed by atoms with E-state index in [1.807, 2.05) is 24.3 Å². The van der Waals surface area contributed by atoms with Crippen molar-refractivity contribution in [3.8, 4) is 5.75 Å². The minimum absolute atomic E-state index is 0.0998. The van der Waals surface area contributed by atoms with Crippen molar-refractivity contribution in [2.75, 3.05) is 31.7 Å². The van der Waals surface area contributed by atoms with Gasteiger partial charge in [0.2, 0.25) is 0 Å². The van der Waals surface area contributed by atoms with Crippen molar-refractivity contribution in [3.63, 3.8) is 0 Å². The zero-order valence-corrected chi connectivity index (χ0v) is 20.5. The van der Waals surface area contributed by atoms with Crippen LogP contribution in [0, 0.1) is 0 Å². The summed E-state index contributed by atoms with van der Waals surface area (Å²) in [6.07, 6.45) is 1.76. The zero-order chi connectivity index (χ0) is 24.7. The Kier molecular flexibility index (Phi) is 8.54. The Morgan fingerprint density at radius 3 is 2.24 bits per heavy atom. The van der Waals surface area contributed by atoms with Gasteiger partial charge in [0.05, 0.1) is 18.6 Å². The average molecular weight is 481 g/mol. The largest absolute Gasteiger partial charge is 0.506 e. The molecular formula is C26H28N2O5S. The van der Waals surface area contributed by atoms with Crippen LogP contribution in [-0.2, 0) is 9.53 Å². The number of benzene rings is 2. The van der Waals surface area contributed by atoms with Crippen LogP contribution in [0.1, 0.15) is 36.7 Å². The molecule has 3 rings (SSSR count). The highest BCUT2D eigenvalue weighted by atomic mass is 32.2. The van der Waals surface area contributed by atoms with Crippen LogP contribution in [0.15, 0.2) is 69.8 Å². The normalized spacial score (nSPS) is 15.6. The Bertz CT molecular complexity index is 1130. The van der Waals surface area contributed by atoms with Crippen LogP contribution in [0.5, 0.6) is 5.75 Å². The molecular weight excluding hydrogens is 452 g/mol. The van der Waals surface area contributed by atoms with Gasteiger partial charge < -0.3 is 19.5 Å². The number of carbonyl (C=O) groups excluding carboxylic acids is 2. The van der Waals surface area contributed by atoms with E-state index in [0.29, 0.717) is 16.2 Å². The quantitative estimate of drug-likeness (QED) is 0.517. The van der Waals surface area contributed by atoms with E-state index >= 15 is 0 Å². The summed E-state index contributed by atoms with van der Waals surface area (Å²) in [6, 6.07) is 14.4. The van der Waals surface area contributed by atoms with Crippen molar-refractivity contribution in [2.45, 2.75) is 20.8 Å². The highest BCUT2D eigenvalue weighted by Crippen LogP contribution is 2.39. The lowest BCUT2D eigenvalue weighted by Crippen LogP contribution is -2.21. The van der Waals surface area contributed by atoms with Crippen LogP contribution in [0.25, 0.3) is 6.08 Å². The molecule has 0 bridgehead atoms. The molecule has 0 fully saturated rings. The highest BCUT2D eigenvalue weighted by molar-refractivity contribution is 8.18. The van der Waals surface area contributed by atoms with Crippen LogP contribution in [-0.4, -0.2) is 48.8 Å². The fraction of sp³-hybridized carbons (Fsp3) is 0.269. The second kappa shape index (κ2) is 11.6. The summed E-state index contributed by atoms with van der Waals surface area (Å²) in [6.45, 7) is 7.81. The second-order valence-corrected chi connectivity index (χ2v) is 8.30. The third kappa shape index (κ3) is 5.69. The number of amides is 1. The number of hydrogen-bond donors (Lipinski definition) is 1. The number of carbonyl (C=O) groups is 2. The van der Waals surface area contributed by atoms with Crippen LogP contribution < -0.4 is 9.64 Å². The molecule has 7 nitrogen and oxygen atoms in total. The third-order valence-corrected chi connectivity index (χ3v) is 6.25. The van der Waals surface area contributed by atoms with Gasteiger partial charge in [0.15, 0.2) is 0 Å². The van der Waals surface area contributed by atoms with E-state index < -0.39 is 11.9 Å². The van der Waals surface area contributed by atoms with Crippen molar-refractivity contribution < 1.29 is 24.2 Å².